The van der Waals surface area contributed by atoms with Crippen molar-refractivity contribution >= 4 is 5.84 Å². The average Bonchev–Trinajstić information content (AvgIpc) is 2.31. The highest BCUT2D eigenvalue weighted by molar-refractivity contribution is 5.95. The molecule has 0 saturated carbocycles. The Hall–Kier alpha value is -1.35. The number of nitrogen functional groups attached to an aromatic ring is 1. The van der Waals surface area contributed by atoms with Crippen LogP contribution in [0.3, 0.4) is 0 Å². The summed E-state index contributed by atoms with van der Waals surface area (Å²) in [6, 6.07) is 6.61. The van der Waals surface area contributed by atoms with Crippen molar-refractivity contribution in [2.75, 3.05) is 7.05 Å². The first-order valence-electron chi connectivity index (χ1n) is 6.59. The second-order valence-corrected chi connectivity index (χ2v) is 5.11. The zero-order valence-electron chi connectivity index (χ0n) is 12.0. The summed E-state index contributed by atoms with van der Waals surface area (Å²) < 4.78 is 0. The molecule has 0 bridgehead atoms. The van der Waals surface area contributed by atoms with E-state index in [0.717, 1.165) is 12.1 Å². The second kappa shape index (κ2) is 6.55. The number of amidine groups is 1. The van der Waals surface area contributed by atoms with E-state index in [9.17, 15) is 0 Å². The van der Waals surface area contributed by atoms with Crippen LogP contribution in [-0.4, -0.2) is 23.8 Å². The van der Waals surface area contributed by atoms with Crippen molar-refractivity contribution in [3.63, 3.8) is 0 Å². The molecule has 3 heteroatoms. The van der Waals surface area contributed by atoms with E-state index in [4.69, 9.17) is 11.1 Å². The van der Waals surface area contributed by atoms with Crippen molar-refractivity contribution in [1.82, 2.24) is 4.90 Å². The monoisotopic (exact) mass is 247 g/mol. The lowest BCUT2D eigenvalue weighted by Crippen LogP contribution is -2.28. The highest BCUT2D eigenvalue weighted by atomic mass is 15.1. The topological polar surface area (TPSA) is 53.1 Å². The van der Waals surface area contributed by atoms with Gasteiger partial charge in [0.25, 0.3) is 0 Å². The quantitative estimate of drug-likeness (QED) is 0.600. The Kier molecular flexibility index (Phi) is 5.35. The zero-order valence-corrected chi connectivity index (χ0v) is 12.0. The predicted octanol–water partition coefficient (Wildman–Crippen LogP) is 2.90. The molecule has 3 N–H and O–H groups in total. The maximum Gasteiger partial charge on any atom is 0.122 e. The summed E-state index contributed by atoms with van der Waals surface area (Å²) in [6.07, 6.45) is 2.44. The van der Waals surface area contributed by atoms with Crippen LogP contribution in [-0.2, 0) is 6.54 Å². The standard InChI is InChI=1S/C15H25N3/c1-5-6-12(3)18(4)10-14-8-7-13(15(16)17)9-11(14)2/h7-9,12H,5-6,10H2,1-4H3,(H3,16,17). The number of nitrogens with zero attached hydrogens (tertiary/aromatic N) is 1. The average molecular weight is 247 g/mol. The van der Waals surface area contributed by atoms with Crippen LogP contribution in [0.4, 0.5) is 0 Å². The molecule has 1 rings (SSSR count). The Labute approximate surface area is 111 Å². The molecule has 0 saturated heterocycles. The summed E-state index contributed by atoms with van der Waals surface area (Å²) in [6.45, 7) is 7.52. The first kappa shape index (κ1) is 14.7. The first-order valence-corrected chi connectivity index (χ1v) is 6.59. The summed E-state index contributed by atoms with van der Waals surface area (Å²) in [5, 5.41) is 7.43. The fraction of sp³-hybridized carbons (Fsp3) is 0.533. The van der Waals surface area contributed by atoms with Gasteiger partial charge in [-0.3, -0.25) is 10.3 Å². The van der Waals surface area contributed by atoms with Gasteiger partial charge in [0.1, 0.15) is 5.84 Å². The van der Waals surface area contributed by atoms with Gasteiger partial charge >= 0.3 is 0 Å². The molecule has 0 aliphatic heterocycles. The predicted molar refractivity (Wildman–Crippen MR) is 78.0 cm³/mol. The molecule has 3 nitrogen and oxygen atoms in total. The van der Waals surface area contributed by atoms with Gasteiger partial charge in [-0.25, -0.2) is 0 Å². The Morgan fingerprint density at radius 1 is 1.44 bits per heavy atom. The van der Waals surface area contributed by atoms with E-state index < -0.39 is 0 Å². The van der Waals surface area contributed by atoms with Crippen molar-refractivity contribution in [2.24, 2.45) is 5.73 Å². The van der Waals surface area contributed by atoms with Crippen LogP contribution in [0.25, 0.3) is 0 Å². The summed E-state index contributed by atoms with van der Waals surface area (Å²) in [5.41, 5.74) is 8.82. The Morgan fingerprint density at radius 3 is 2.61 bits per heavy atom. The van der Waals surface area contributed by atoms with E-state index in [1.165, 1.54) is 24.0 Å². The minimum atomic E-state index is 0.136. The van der Waals surface area contributed by atoms with Gasteiger partial charge < -0.3 is 5.73 Å². The number of hydrogen-bond acceptors (Lipinski definition) is 2. The van der Waals surface area contributed by atoms with Crippen LogP contribution >= 0.6 is 0 Å². The fourth-order valence-corrected chi connectivity index (χ4v) is 2.10. The van der Waals surface area contributed by atoms with E-state index >= 15 is 0 Å². The minimum absolute atomic E-state index is 0.136. The van der Waals surface area contributed by atoms with E-state index in [1.54, 1.807) is 0 Å². The van der Waals surface area contributed by atoms with Crippen molar-refractivity contribution in [2.45, 2.75) is 46.2 Å². The van der Waals surface area contributed by atoms with Crippen molar-refractivity contribution in [3.05, 3.63) is 34.9 Å². The molecule has 0 spiro atoms. The van der Waals surface area contributed by atoms with Gasteiger partial charge in [0, 0.05) is 18.2 Å². The van der Waals surface area contributed by atoms with Crippen LogP contribution < -0.4 is 5.73 Å². The Bertz CT molecular complexity index is 412. The van der Waals surface area contributed by atoms with Gasteiger partial charge in [-0.2, -0.15) is 0 Å². The summed E-state index contributed by atoms with van der Waals surface area (Å²) in [4.78, 5) is 2.37. The molecule has 1 aromatic carbocycles. The molecular weight excluding hydrogens is 222 g/mol. The first-order chi connectivity index (χ1) is 8.45. The van der Waals surface area contributed by atoms with Gasteiger partial charge in [0.2, 0.25) is 0 Å². The second-order valence-electron chi connectivity index (χ2n) is 5.11. The van der Waals surface area contributed by atoms with E-state index in [0.29, 0.717) is 6.04 Å². The number of nitrogens with one attached hydrogen (secondary N) is 1. The molecule has 1 atom stereocenters. The number of hydrogen-bond donors (Lipinski definition) is 2. The van der Waals surface area contributed by atoms with Crippen LogP contribution in [0.15, 0.2) is 18.2 Å². The lowest BCUT2D eigenvalue weighted by molar-refractivity contribution is 0.236. The van der Waals surface area contributed by atoms with Crippen LogP contribution in [0.5, 0.6) is 0 Å². The lowest BCUT2D eigenvalue weighted by Gasteiger charge is -2.25. The molecule has 0 amide bonds. The van der Waals surface area contributed by atoms with Crippen molar-refractivity contribution in [3.8, 4) is 0 Å². The van der Waals surface area contributed by atoms with Crippen molar-refractivity contribution < 1.29 is 0 Å². The largest absolute Gasteiger partial charge is 0.384 e. The molecule has 18 heavy (non-hydrogen) atoms. The molecule has 100 valence electrons. The molecule has 0 aromatic heterocycles. The smallest absolute Gasteiger partial charge is 0.122 e. The van der Waals surface area contributed by atoms with Gasteiger partial charge in [0.15, 0.2) is 0 Å². The van der Waals surface area contributed by atoms with Crippen LogP contribution in [0, 0.1) is 12.3 Å². The van der Waals surface area contributed by atoms with E-state index in [-0.39, 0.29) is 5.84 Å². The third-order valence-electron chi connectivity index (χ3n) is 3.53. The van der Waals surface area contributed by atoms with Gasteiger partial charge in [-0.15, -0.1) is 0 Å². The van der Waals surface area contributed by atoms with Crippen LogP contribution in [0.1, 0.15) is 43.4 Å². The highest BCUT2D eigenvalue weighted by Crippen LogP contribution is 2.15. The number of benzene rings is 1. The van der Waals surface area contributed by atoms with E-state index in [2.05, 4.69) is 38.8 Å². The number of nitrogens with two attached hydrogens (primary N) is 1. The maximum absolute atomic E-state index is 7.43. The summed E-state index contributed by atoms with van der Waals surface area (Å²) >= 11 is 0. The minimum Gasteiger partial charge on any atom is -0.384 e. The molecule has 1 aromatic rings. The SMILES string of the molecule is CCCC(C)N(C)Cc1ccc(C(=N)N)cc1C. The molecule has 0 heterocycles. The lowest BCUT2D eigenvalue weighted by atomic mass is 10.0. The summed E-state index contributed by atoms with van der Waals surface area (Å²) in [5.74, 6) is 0.136. The molecular formula is C15H25N3. The van der Waals surface area contributed by atoms with Gasteiger partial charge in [0.05, 0.1) is 0 Å². The third kappa shape index (κ3) is 3.84. The number of aryl methyl sites for hydroxylation is 1. The highest BCUT2D eigenvalue weighted by Gasteiger charge is 2.10. The normalized spacial score (nSPS) is 12.7. The summed E-state index contributed by atoms with van der Waals surface area (Å²) in [7, 11) is 2.17. The maximum atomic E-state index is 7.43. The Morgan fingerprint density at radius 2 is 2.11 bits per heavy atom. The molecule has 0 fully saturated rings. The van der Waals surface area contributed by atoms with E-state index in [1.807, 2.05) is 12.1 Å². The molecule has 0 radical (unpaired) electrons. The fourth-order valence-electron chi connectivity index (χ4n) is 2.10. The molecule has 0 aliphatic carbocycles. The van der Waals surface area contributed by atoms with Gasteiger partial charge in [-0.05, 0) is 44.5 Å². The zero-order chi connectivity index (χ0) is 13.7. The van der Waals surface area contributed by atoms with Crippen molar-refractivity contribution in [1.29, 1.82) is 5.41 Å². The third-order valence-corrected chi connectivity index (χ3v) is 3.53. The Balaban J connectivity index is 2.76. The van der Waals surface area contributed by atoms with Crippen LogP contribution in [0.2, 0.25) is 0 Å². The molecule has 0 aliphatic rings. The van der Waals surface area contributed by atoms with Gasteiger partial charge in [-0.1, -0.05) is 25.5 Å². The molecule has 1 unspecified atom stereocenters. The number of rotatable bonds is 6.